The van der Waals surface area contributed by atoms with Gasteiger partial charge in [-0.15, -0.1) is 0 Å². The molecule has 0 bridgehead atoms. The molecule has 170 valence electrons. The summed E-state index contributed by atoms with van der Waals surface area (Å²) in [4.78, 5) is 12.8. The first-order valence-electron chi connectivity index (χ1n) is 9.93. The molecule has 0 aromatic heterocycles. The molecule has 0 spiro atoms. The molecule has 0 unspecified atom stereocenters. The number of carbonyl (C=O) groups excluding carboxylic acids is 1. The van der Waals surface area contributed by atoms with E-state index in [1.807, 2.05) is 32.0 Å². The van der Waals surface area contributed by atoms with Crippen molar-refractivity contribution in [2.24, 2.45) is 0 Å². The van der Waals surface area contributed by atoms with Crippen molar-refractivity contribution in [1.82, 2.24) is 5.32 Å². The first-order chi connectivity index (χ1) is 14.4. The summed E-state index contributed by atoms with van der Waals surface area (Å²) < 4.78 is 64.7. The van der Waals surface area contributed by atoms with E-state index in [4.69, 9.17) is 0 Å². The van der Waals surface area contributed by atoms with Crippen LogP contribution in [0.5, 0.6) is 0 Å². The largest absolute Gasteiger partial charge is 0.416 e. The molecule has 5 nitrogen and oxygen atoms in total. The Morgan fingerprint density at radius 1 is 1.06 bits per heavy atom. The Labute approximate surface area is 181 Å². The predicted molar refractivity (Wildman–Crippen MR) is 115 cm³/mol. The third-order valence-electron chi connectivity index (χ3n) is 5.03. The first-order valence-corrected chi connectivity index (χ1v) is 11.8. The Kier molecular flexibility index (Phi) is 7.75. The van der Waals surface area contributed by atoms with E-state index in [1.165, 1.54) is 13.0 Å². The van der Waals surface area contributed by atoms with E-state index < -0.39 is 33.7 Å². The lowest BCUT2D eigenvalue weighted by molar-refractivity contribution is -0.137. The van der Waals surface area contributed by atoms with Crippen LogP contribution in [0.25, 0.3) is 0 Å². The number of rotatable bonds is 8. The predicted octanol–water partition coefficient (Wildman–Crippen LogP) is 4.30. The quantitative estimate of drug-likeness (QED) is 0.644. The van der Waals surface area contributed by atoms with Crippen molar-refractivity contribution in [1.29, 1.82) is 0 Å². The van der Waals surface area contributed by atoms with E-state index in [0.717, 1.165) is 54.0 Å². The molecule has 0 radical (unpaired) electrons. The highest BCUT2D eigenvalue weighted by Gasteiger charge is 2.34. The van der Waals surface area contributed by atoms with Crippen LogP contribution < -0.4 is 9.62 Å². The van der Waals surface area contributed by atoms with Crippen molar-refractivity contribution in [3.63, 3.8) is 0 Å². The summed E-state index contributed by atoms with van der Waals surface area (Å²) in [6.45, 7) is 5.55. The molecule has 0 saturated heterocycles. The van der Waals surface area contributed by atoms with E-state index >= 15 is 0 Å². The zero-order valence-electron chi connectivity index (χ0n) is 18.0. The minimum Gasteiger partial charge on any atom is -0.350 e. The standard InChI is InChI=1S/C22H27F3N2O3S/c1-5-16-10-11-17(6-2)18(12-16)14-26-21(28)15(3)27(31(4,29)30)20-9-7-8-19(13-20)22(23,24)25/h7-13,15H,5-6,14H2,1-4H3,(H,26,28)/t15-/m1/s1. The van der Waals surface area contributed by atoms with E-state index in [0.29, 0.717) is 4.31 Å². The normalized spacial score (nSPS) is 13.0. The number of nitrogens with zero attached hydrogens (tertiary/aromatic N) is 1. The number of amides is 1. The highest BCUT2D eigenvalue weighted by atomic mass is 32.2. The minimum absolute atomic E-state index is 0.195. The average molecular weight is 457 g/mol. The van der Waals surface area contributed by atoms with Crippen LogP contribution >= 0.6 is 0 Å². The van der Waals surface area contributed by atoms with Gasteiger partial charge in [-0.2, -0.15) is 13.2 Å². The van der Waals surface area contributed by atoms with Gasteiger partial charge < -0.3 is 5.32 Å². The SMILES string of the molecule is CCc1ccc(CC)c(CNC(=O)[C@@H](C)N(c2cccc(C(F)(F)F)c2)S(C)(=O)=O)c1. The lowest BCUT2D eigenvalue weighted by Gasteiger charge is -2.29. The fourth-order valence-electron chi connectivity index (χ4n) is 3.37. The Morgan fingerprint density at radius 2 is 1.74 bits per heavy atom. The topological polar surface area (TPSA) is 66.5 Å². The Balaban J connectivity index is 2.29. The Morgan fingerprint density at radius 3 is 2.29 bits per heavy atom. The Bertz CT molecular complexity index is 1040. The van der Waals surface area contributed by atoms with Crippen LogP contribution in [0.4, 0.5) is 18.9 Å². The molecule has 1 atom stereocenters. The molecule has 0 aliphatic heterocycles. The lowest BCUT2D eigenvalue weighted by Crippen LogP contribution is -2.47. The minimum atomic E-state index is -4.63. The molecule has 0 heterocycles. The van der Waals surface area contributed by atoms with E-state index in [2.05, 4.69) is 5.32 Å². The molecule has 2 aromatic carbocycles. The molecule has 0 fully saturated rings. The van der Waals surface area contributed by atoms with Gasteiger partial charge in [-0.3, -0.25) is 9.10 Å². The fraction of sp³-hybridized carbons (Fsp3) is 0.409. The van der Waals surface area contributed by atoms with Gasteiger partial charge in [0.2, 0.25) is 15.9 Å². The van der Waals surface area contributed by atoms with Crippen molar-refractivity contribution in [3.8, 4) is 0 Å². The van der Waals surface area contributed by atoms with Gasteiger partial charge in [-0.05, 0) is 54.7 Å². The van der Waals surface area contributed by atoms with Gasteiger partial charge in [-0.25, -0.2) is 8.42 Å². The van der Waals surface area contributed by atoms with Crippen molar-refractivity contribution in [2.45, 2.75) is 52.4 Å². The second-order valence-corrected chi connectivity index (χ2v) is 9.17. The van der Waals surface area contributed by atoms with Crippen molar-refractivity contribution in [3.05, 3.63) is 64.7 Å². The summed E-state index contributed by atoms with van der Waals surface area (Å²) in [6, 6.07) is 8.70. The van der Waals surface area contributed by atoms with Crippen LogP contribution in [0.15, 0.2) is 42.5 Å². The van der Waals surface area contributed by atoms with Gasteiger partial charge in [0.1, 0.15) is 6.04 Å². The van der Waals surface area contributed by atoms with E-state index in [-0.39, 0.29) is 12.2 Å². The number of nitrogens with one attached hydrogen (secondary N) is 1. The number of hydrogen-bond acceptors (Lipinski definition) is 3. The molecular formula is C22H27F3N2O3S. The summed E-state index contributed by atoms with van der Waals surface area (Å²) in [6.07, 6.45) is -2.17. The van der Waals surface area contributed by atoms with Crippen molar-refractivity contribution < 1.29 is 26.4 Å². The average Bonchev–Trinajstić information content (AvgIpc) is 2.70. The van der Waals surface area contributed by atoms with Crippen molar-refractivity contribution >= 4 is 21.6 Å². The summed E-state index contributed by atoms with van der Waals surface area (Å²) in [7, 11) is -4.03. The molecule has 31 heavy (non-hydrogen) atoms. The Hall–Kier alpha value is -2.55. The van der Waals surface area contributed by atoms with Gasteiger partial charge in [0.05, 0.1) is 17.5 Å². The van der Waals surface area contributed by atoms with Crippen LogP contribution in [-0.4, -0.2) is 26.6 Å². The maximum Gasteiger partial charge on any atom is 0.416 e. The summed E-state index contributed by atoms with van der Waals surface area (Å²) in [5.41, 5.74) is 1.88. The second-order valence-electron chi connectivity index (χ2n) is 7.31. The molecular weight excluding hydrogens is 429 g/mol. The maximum atomic E-state index is 13.1. The van der Waals surface area contributed by atoms with E-state index in [1.54, 1.807) is 0 Å². The van der Waals surface area contributed by atoms with Gasteiger partial charge in [0.15, 0.2) is 0 Å². The number of benzene rings is 2. The molecule has 2 rings (SSSR count). The molecule has 9 heteroatoms. The van der Waals surface area contributed by atoms with Crippen LogP contribution in [0.1, 0.15) is 43.0 Å². The number of hydrogen-bond donors (Lipinski definition) is 1. The highest BCUT2D eigenvalue weighted by molar-refractivity contribution is 7.92. The molecule has 0 saturated carbocycles. The third kappa shape index (κ3) is 6.22. The fourth-order valence-corrected chi connectivity index (χ4v) is 4.53. The first kappa shape index (κ1) is 24.7. The second kappa shape index (κ2) is 9.72. The number of anilines is 1. The van der Waals surface area contributed by atoms with Crippen LogP contribution in [0, 0.1) is 0 Å². The summed E-state index contributed by atoms with van der Waals surface area (Å²) >= 11 is 0. The molecule has 0 aliphatic rings. The monoisotopic (exact) mass is 456 g/mol. The number of alkyl halides is 3. The smallest absolute Gasteiger partial charge is 0.350 e. The van der Waals surface area contributed by atoms with E-state index in [9.17, 15) is 26.4 Å². The van der Waals surface area contributed by atoms with Gasteiger partial charge in [0, 0.05) is 6.54 Å². The van der Waals surface area contributed by atoms with Crippen LogP contribution in [0.3, 0.4) is 0 Å². The van der Waals surface area contributed by atoms with Crippen LogP contribution in [0.2, 0.25) is 0 Å². The van der Waals surface area contributed by atoms with Crippen LogP contribution in [-0.2, 0) is 40.4 Å². The summed E-state index contributed by atoms with van der Waals surface area (Å²) in [5, 5.41) is 2.72. The third-order valence-corrected chi connectivity index (χ3v) is 6.27. The lowest BCUT2D eigenvalue weighted by atomic mass is 10.0. The summed E-state index contributed by atoms with van der Waals surface area (Å²) in [5.74, 6) is -0.605. The van der Waals surface area contributed by atoms with Gasteiger partial charge in [-0.1, -0.05) is 38.1 Å². The number of sulfonamides is 1. The molecule has 1 N–H and O–H groups in total. The highest BCUT2D eigenvalue weighted by Crippen LogP contribution is 2.32. The van der Waals surface area contributed by atoms with Gasteiger partial charge >= 0.3 is 6.18 Å². The van der Waals surface area contributed by atoms with Gasteiger partial charge in [0.25, 0.3) is 0 Å². The zero-order valence-corrected chi connectivity index (χ0v) is 18.8. The number of carbonyl (C=O) groups is 1. The molecule has 2 aromatic rings. The zero-order chi connectivity index (χ0) is 23.4. The van der Waals surface area contributed by atoms with Crippen molar-refractivity contribution in [2.75, 3.05) is 10.6 Å². The maximum absolute atomic E-state index is 13.1. The number of aryl methyl sites for hydroxylation is 2. The number of halogens is 3. The molecule has 1 amide bonds. The molecule has 0 aliphatic carbocycles.